The molecule has 0 fully saturated rings. The van der Waals surface area contributed by atoms with Gasteiger partial charge in [0, 0.05) is 0 Å². The molecule has 0 aromatic heterocycles. The fourth-order valence-electron chi connectivity index (χ4n) is 0.623. The van der Waals surface area contributed by atoms with Gasteiger partial charge >= 0.3 is 6.09 Å². The zero-order chi connectivity index (χ0) is 9.40. The third-order valence-electron chi connectivity index (χ3n) is 1.36. The Morgan fingerprint density at radius 1 is 1.58 bits per heavy atom. The van der Waals surface area contributed by atoms with Crippen molar-refractivity contribution >= 4 is 6.09 Å². The highest BCUT2D eigenvalue weighted by Crippen LogP contribution is 1.89. The predicted molar refractivity (Wildman–Crippen MR) is 42.7 cm³/mol. The Balaban J connectivity index is 3.52. The van der Waals surface area contributed by atoms with Gasteiger partial charge in [0.25, 0.3) is 0 Å². The maximum absolute atomic E-state index is 10.8. The van der Waals surface area contributed by atoms with Crippen LogP contribution in [0.25, 0.3) is 0 Å². The normalized spacial score (nSPS) is 12.2. The highest BCUT2D eigenvalue weighted by atomic mass is 16.6. The highest BCUT2D eigenvalue weighted by molar-refractivity contribution is 5.67. The smallest absolute Gasteiger partial charge is 0.407 e. The molecule has 5 nitrogen and oxygen atoms in total. The predicted octanol–water partition coefficient (Wildman–Crippen LogP) is -0.524. The average Bonchev–Trinajstić information content (AvgIpc) is 2.10. The van der Waals surface area contributed by atoms with Crippen LogP contribution in [0.3, 0.4) is 0 Å². The van der Waals surface area contributed by atoms with Gasteiger partial charge in [-0.05, 0) is 6.42 Å². The molecule has 0 aliphatic carbocycles. The van der Waals surface area contributed by atoms with Crippen molar-refractivity contribution in [2.45, 2.75) is 19.4 Å². The van der Waals surface area contributed by atoms with Crippen LogP contribution < -0.4 is 5.32 Å². The van der Waals surface area contributed by atoms with Crippen molar-refractivity contribution in [3.8, 4) is 0 Å². The molecular formula is C7H15NO4. The van der Waals surface area contributed by atoms with Crippen LogP contribution >= 0.6 is 0 Å². The molecule has 72 valence electrons. The zero-order valence-electron chi connectivity index (χ0n) is 7.12. The molecule has 0 spiro atoms. The van der Waals surface area contributed by atoms with Gasteiger partial charge in [0.15, 0.2) is 0 Å². The van der Waals surface area contributed by atoms with E-state index < -0.39 is 6.09 Å². The number of aliphatic hydroxyl groups is 2. The van der Waals surface area contributed by atoms with Gasteiger partial charge in [-0.1, -0.05) is 6.92 Å². The van der Waals surface area contributed by atoms with Gasteiger partial charge in [-0.3, -0.25) is 0 Å². The Morgan fingerprint density at radius 2 is 2.25 bits per heavy atom. The molecule has 0 unspecified atom stereocenters. The van der Waals surface area contributed by atoms with Crippen molar-refractivity contribution in [1.29, 1.82) is 0 Å². The van der Waals surface area contributed by atoms with Crippen molar-refractivity contribution in [3.05, 3.63) is 0 Å². The first-order chi connectivity index (χ1) is 5.74. The quantitative estimate of drug-likeness (QED) is 0.527. The Bertz CT molecular complexity index is 125. The molecular weight excluding hydrogens is 162 g/mol. The topological polar surface area (TPSA) is 78.8 Å². The summed E-state index contributed by atoms with van der Waals surface area (Å²) >= 11 is 0. The van der Waals surface area contributed by atoms with Crippen LogP contribution in [0.4, 0.5) is 4.79 Å². The summed E-state index contributed by atoms with van der Waals surface area (Å²) in [6, 6.07) is -0.267. The molecule has 0 saturated carbocycles. The minimum absolute atomic E-state index is 0.0201. The highest BCUT2D eigenvalue weighted by Gasteiger charge is 2.08. The SMILES string of the molecule is CC[C@H](CO)NC(=O)OCCO. The summed E-state index contributed by atoms with van der Waals surface area (Å²) in [5, 5.41) is 19.4. The summed E-state index contributed by atoms with van der Waals surface area (Å²) in [5.41, 5.74) is 0. The molecule has 0 aromatic rings. The molecule has 0 heterocycles. The average molecular weight is 177 g/mol. The van der Waals surface area contributed by atoms with E-state index >= 15 is 0 Å². The summed E-state index contributed by atoms with van der Waals surface area (Å²) in [6.07, 6.45) is 0.0370. The summed E-state index contributed by atoms with van der Waals surface area (Å²) in [5.74, 6) is 0. The van der Waals surface area contributed by atoms with Crippen LogP contribution in [0.15, 0.2) is 0 Å². The van der Waals surface area contributed by atoms with Crippen molar-refractivity contribution in [1.82, 2.24) is 5.32 Å². The molecule has 1 amide bonds. The molecule has 0 rings (SSSR count). The molecule has 0 radical (unpaired) electrons. The number of alkyl carbamates (subject to hydrolysis) is 1. The van der Waals surface area contributed by atoms with Crippen LogP contribution in [-0.2, 0) is 4.74 Å². The third kappa shape index (κ3) is 4.92. The first kappa shape index (κ1) is 11.2. The van der Waals surface area contributed by atoms with Gasteiger partial charge in [0.1, 0.15) is 6.61 Å². The van der Waals surface area contributed by atoms with Gasteiger partial charge in [0.2, 0.25) is 0 Å². The maximum Gasteiger partial charge on any atom is 0.407 e. The minimum atomic E-state index is -0.607. The summed E-state index contributed by atoms with van der Waals surface area (Å²) in [4.78, 5) is 10.8. The van der Waals surface area contributed by atoms with E-state index in [4.69, 9.17) is 10.2 Å². The molecule has 3 N–H and O–H groups in total. The maximum atomic E-state index is 10.8. The fourth-order valence-corrected chi connectivity index (χ4v) is 0.623. The molecule has 0 saturated heterocycles. The summed E-state index contributed by atoms with van der Waals surface area (Å²) < 4.78 is 4.51. The summed E-state index contributed by atoms with van der Waals surface area (Å²) in [6.45, 7) is 1.52. The molecule has 0 aliphatic heterocycles. The van der Waals surface area contributed by atoms with Gasteiger partial charge in [-0.25, -0.2) is 4.79 Å². The third-order valence-corrected chi connectivity index (χ3v) is 1.36. The standard InChI is InChI=1S/C7H15NO4/c1-2-6(5-10)8-7(11)12-4-3-9/h6,9-10H,2-5H2,1H3,(H,8,11)/t6-/m1/s1. The number of ether oxygens (including phenoxy) is 1. The van der Waals surface area contributed by atoms with E-state index in [0.29, 0.717) is 6.42 Å². The van der Waals surface area contributed by atoms with E-state index in [1.54, 1.807) is 0 Å². The van der Waals surface area contributed by atoms with Gasteiger partial charge in [0.05, 0.1) is 19.3 Å². The lowest BCUT2D eigenvalue weighted by Crippen LogP contribution is -2.37. The number of nitrogens with one attached hydrogen (secondary N) is 1. The first-order valence-electron chi connectivity index (χ1n) is 3.89. The van der Waals surface area contributed by atoms with Crippen LogP contribution in [0.2, 0.25) is 0 Å². The number of carbonyl (C=O) groups is 1. The lowest BCUT2D eigenvalue weighted by atomic mass is 10.2. The molecule has 0 bridgehead atoms. The molecule has 0 aromatic carbocycles. The molecule has 1 atom stereocenters. The number of carbonyl (C=O) groups excluding carboxylic acids is 1. The van der Waals surface area contributed by atoms with Crippen LogP contribution in [-0.4, -0.2) is 42.2 Å². The van der Waals surface area contributed by atoms with E-state index in [2.05, 4.69) is 10.1 Å². The van der Waals surface area contributed by atoms with Crippen molar-refractivity contribution in [2.24, 2.45) is 0 Å². The van der Waals surface area contributed by atoms with E-state index in [1.165, 1.54) is 0 Å². The lowest BCUT2D eigenvalue weighted by Gasteiger charge is -2.13. The van der Waals surface area contributed by atoms with Crippen molar-refractivity contribution in [3.63, 3.8) is 0 Å². The van der Waals surface area contributed by atoms with Crippen LogP contribution in [0.5, 0.6) is 0 Å². The number of amides is 1. The number of hydrogen-bond acceptors (Lipinski definition) is 4. The lowest BCUT2D eigenvalue weighted by molar-refractivity contribution is 0.111. The van der Waals surface area contributed by atoms with Gasteiger partial charge in [-0.15, -0.1) is 0 Å². The van der Waals surface area contributed by atoms with E-state index in [0.717, 1.165) is 0 Å². The minimum Gasteiger partial charge on any atom is -0.447 e. The Labute approximate surface area is 71.3 Å². The van der Waals surface area contributed by atoms with Crippen LogP contribution in [0.1, 0.15) is 13.3 Å². The second kappa shape index (κ2) is 6.87. The summed E-state index contributed by atoms with van der Waals surface area (Å²) in [7, 11) is 0. The van der Waals surface area contributed by atoms with Gasteiger partial charge in [-0.2, -0.15) is 0 Å². The Hall–Kier alpha value is -0.810. The molecule has 0 aliphatic rings. The molecule has 12 heavy (non-hydrogen) atoms. The second-order valence-electron chi connectivity index (χ2n) is 2.29. The van der Waals surface area contributed by atoms with Crippen LogP contribution in [0, 0.1) is 0 Å². The molecule has 5 heteroatoms. The Kier molecular flexibility index (Phi) is 6.41. The number of hydrogen-bond donors (Lipinski definition) is 3. The van der Waals surface area contributed by atoms with E-state index in [9.17, 15) is 4.79 Å². The van der Waals surface area contributed by atoms with Gasteiger partial charge < -0.3 is 20.3 Å². The Morgan fingerprint density at radius 3 is 2.67 bits per heavy atom. The van der Waals surface area contributed by atoms with Crippen molar-refractivity contribution in [2.75, 3.05) is 19.8 Å². The monoisotopic (exact) mass is 177 g/mol. The second-order valence-corrected chi connectivity index (χ2v) is 2.29. The number of aliphatic hydroxyl groups excluding tert-OH is 2. The largest absolute Gasteiger partial charge is 0.447 e. The zero-order valence-corrected chi connectivity index (χ0v) is 7.12. The number of rotatable bonds is 5. The van der Waals surface area contributed by atoms with E-state index in [-0.39, 0.29) is 25.9 Å². The first-order valence-corrected chi connectivity index (χ1v) is 3.89. The van der Waals surface area contributed by atoms with Crippen molar-refractivity contribution < 1.29 is 19.7 Å². The van der Waals surface area contributed by atoms with E-state index in [1.807, 2.05) is 6.92 Å². The fraction of sp³-hybridized carbons (Fsp3) is 0.857.